The second-order valence-corrected chi connectivity index (χ2v) is 7.69. The zero-order chi connectivity index (χ0) is 21.8. The predicted octanol–water partition coefficient (Wildman–Crippen LogP) is 5.25. The van der Waals surface area contributed by atoms with Gasteiger partial charge in [-0.3, -0.25) is 4.79 Å². The first-order valence-corrected chi connectivity index (χ1v) is 10.3. The molecule has 0 amide bonds. The molecular formula is C24H20O6S. The first-order chi connectivity index (χ1) is 15.1. The van der Waals surface area contributed by atoms with Crippen LogP contribution in [-0.2, 0) is 6.61 Å². The van der Waals surface area contributed by atoms with Crippen LogP contribution in [0.4, 0.5) is 0 Å². The van der Waals surface area contributed by atoms with Crippen LogP contribution < -0.4 is 19.6 Å². The molecule has 4 rings (SSSR count). The average Bonchev–Trinajstić information content (AvgIpc) is 2.78. The Hall–Kier alpha value is -3.58. The van der Waals surface area contributed by atoms with E-state index in [1.54, 1.807) is 13.2 Å². The van der Waals surface area contributed by atoms with Crippen LogP contribution in [0.15, 0.2) is 85.9 Å². The number of benzene rings is 3. The Morgan fingerprint density at radius 1 is 0.968 bits per heavy atom. The molecule has 0 aliphatic rings. The van der Waals surface area contributed by atoms with Crippen molar-refractivity contribution in [1.82, 2.24) is 0 Å². The Kier molecular flexibility index (Phi) is 6.04. The van der Waals surface area contributed by atoms with Crippen LogP contribution in [0.3, 0.4) is 0 Å². The van der Waals surface area contributed by atoms with Crippen molar-refractivity contribution in [3.8, 4) is 23.0 Å². The first-order valence-electron chi connectivity index (χ1n) is 9.45. The van der Waals surface area contributed by atoms with Crippen molar-refractivity contribution in [1.29, 1.82) is 0 Å². The lowest BCUT2D eigenvalue weighted by molar-refractivity contribution is 0.277. The molecule has 158 valence electrons. The van der Waals surface area contributed by atoms with Crippen LogP contribution in [0, 0.1) is 0 Å². The molecule has 0 radical (unpaired) electrons. The fourth-order valence-electron chi connectivity index (χ4n) is 3.08. The lowest BCUT2D eigenvalue weighted by Crippen LogP contribution is -2.03. The molecule has 1 heterocycles. The van der Waals surface area contributed by atoms with Crippen LogP contribution in [0.1, 0.15) is 5.56 Å². The van der Waals surface area contributed by atoms with Crippen LogP contribution >= 0.6 is 11.8 Å². The van der Waals surface area contributed by atoms with Gasteiger partial charge in [-0.15, -0.1) is 0 Å². The van der Waals surface area contributed by atoms with Gasteiger partial charge in [0.1, 0.15) is 23.3 Å². The molecule has 1 aromatic heterocycles. The van der Waals surface area contributed by atoms with Gasteiger partial charge in [0.15, 0.2) is 22.0 Å². The summed E-state index contributed by atoms with van der Waals surface area (Å²) in [6.07, 6.45) is 0. The number of phenolic OH excluding ortho intramolecular Hbond substituents is 1. The summed E-state index contributed by atoms with van der Waals surface area (Å²) in [5.74, 6) is 0.787. The average molecular weight is 436 g/mol. The van der Waals surface area contributed by atoms with Crippen molar-refractivity contribution in [2.24, 2.45) is 0 Å². The van der Waals surface area contributed by atoms with E-state index in [0.29, 0.717) is 5.09 Å². The summed E-state index contributed by atoms with van der Waals surface area (Å²) in [7, 11) is 3.01. The smallest absolute Gasteiger partial charge is 0.204 e. The minimum absolute atomic E-state index is 0.0473. The highest BCUT2D eigenvalue weighted by molar-refractivity contribution is 7.99. The van der Waals surface area contributed by atoms with Crippen LogP contribution in [0.2, 0.25) is 0 Å². The second kappa shape index (κ2) is 9.06. The number of hydrogen-bond donors (Lipinski definition) is 1. The minimum atomic E-state index is -0.364. The molecule has 3 aromatic carbocycles. The Labute approximate surface area is 183 Å². The van der Waals surface area contributed by atoms with E-state index < -0.39 is 0 Å². The molecule has 0 saturated heterocycles. The van der Waals surface area contributed by atoms with Gasteiger partial charge in [-0.05, 0) is 29.8 Å². The molecule has 0 atom stereocenters. The number of rotatable bonds is 7. The third kappa shape index (κ3) is 4.46. The Morgan fingerprint density at radius 3 is 2.39 bits per heavy atom. The topological polar surface area (TPSA) is 78.1 Å². The lowest BCUT2D eigenvalue weighted by Gasteiger charge is -2.14. The zero-order valence-electron chi connectivity index (χ0n) is 17.0. The molecule has 0 aliphatic carbocycles. The summed E-state index contributed by atoms with van der Waals surface area (Å²) in [5.41, 5.74) is 0.753. The second-order valence-electron chi connectivity index (χ2n) is 6.61. The summed E-state index contributed by atoms with van der Waals surface area (Å²) >= 11 is 1.32. The fourth-order valence-corrected chi connectivity index (χ4v) is 3.90. The highest BCUT2D eigenvalue weighted by Gasteiger charge is 2.20. The SMILES string of the molecule is COc1ccc(COc2cc3oc(Sc4ccccc4)cc(=O)c3c(O)c2OC)cc1. The van der Waals surface area contributed by atoms with E-state index in [2.05, 4.69) is 0 Å². The molecule has 4 aromatic rings. The molecule has 0 fully saturated rings. The Bertz CT molecular complexity index is 1250. The van der Waals surface area contributed by atoms with E-state index in [1.165, 1.54) is 24.9 Å². The van der Waals surface area contributed by atoms with Gasteiger partial charge < -0.3 is 23.7 Å². The van der Waals surface area contributed by atoms with Gasteiger partial charge in [0.2, 0.25) is 5.75 Å². The van der Waals surface area contributed by atoms with Gasteiger partial charge >= 0.3 is 0 Å². The maximum absolute atomic E-state index is 12.7. The first kappa shape index (κ1) is 20.7. The summed E-state index contributed by atoms with van der Waals surface area (Å²) in [4.78, 5) is 13.6. The van der Waals surface area contributed by atoms with Crippen LogP contribution in [-0.4, -0.2) is 19.3 Å². The third-order valence-electron chi connectivity index (χ3n) is 4.61. The zero-order valence-corrected chi connectivity index (χ0v) is 17.8. The van der Waals surface area contributed by atoms with Crippen molar-refractivity contribution < 1.29 is 23.7 Å². The molecule has 31 heavy (non-hydrogen) atoms. The molecular weight excluding hydrogens is 416 g/mol. The molecule has 1 N–H and O–H groups in total. The van der Waals surface area contributed by atoms with Crippen molar-refractivity contribution in [3.05, 3.63) is 82.5 Å². The summed E-state index contributed by atoms with van der Waals surface area (Å²) in [6.45, 7) is 0.230. The molecule has 6 nitrogen and oxygen atoms in total. The highest BCUT2D eigenvalue weighted by atomic mass is 32.2. The summed E-state index contributed by atoms with van der Waals surface area (Å²) in [5, 5.41) is 11.1. The molecule has 0 spiro atoms. The van der Waals surface area contributed by atoms with E-state index in [0.717, 1.165) is 16.2 Å². The van der Waals surface area contributed by atoms with Crippen LogP contribution in [0.25, 0.3) is 11.0 Å². The monoisotopic (exact) mass is 436 g/mol. The van der Waals surface area contributed by atoms with Gasteiger partial charge in [-0.1, -0.05) is 42.1 Å². The van der Waals surface area contributed by atoms with Gasteiger partial charge in [0, 0.05) is 17.0 Å². The van der Waals surface area contributed by atoms with E-state index in [1.807, 2.05) is 54.6 Å². The van der Waals surface area contributed by atoms with Crippen molar-refractivity contribution in [2.75, 3.05) is 14.2 Å². The molecule has 0 aliphatic heterocycles. The molecule has 7 heteroatoms. The maximum Gasteiger partial charge on any atom is 0.204 e. The predicted molar refractivity (Wildman–Crippen MR) is 119 cm³/mol. The van der Waals surface area contributed by atoms with E-state index in [-0.39, 0.29) is 40.3 Å². The Balaban J connectivity index is 1.69. The molecule has 0 bridgehead atoms. The van der Waals surface area contributed by atoms with Crippen molar-refractivity contribution in [2.45, 2.75) is 16.6 Å². The quantitative estimate of drug-likeness (QED) is 0.424. The maximum atomic E-state index is 12.7. The lowest BCUT2D eigenvalue weighted by atomic mass is 10.2. The number of aromatic hydroxyl groups is 1. The standard InChI is InChI=1S/C24H20O6S/c1-27-16-10-8-15(9-11-16)14-29-20-13-19-22(23(26)24(20)28-2)18(25)12-21(30-19)31-17-6-4-3-5-7-17/h3-13,26H,14H2,1-2H3. The number of phenols is 1. The van der Waals surface area contributed by atoms with E-state index in [9.17, 15) is 9.90 Å². The van der Waals surface area contributed by atoms with E-state index in [4.69, 9.17) is 18.6 Å². The molecule has 0 saturated carbocycles. The van der Waals surface area contributed by atoms with Gasteiger partial charge in [0.05, 0.1) is 14.2 Å². The Morgan fingerprint density at radius 2 is 1.71 bits per heavy atom. The number of fused-ring (bicyclic) bond motifs is 1. The van der Waals surface area contributed by atoms with Crippen LogP contribution in [0.5, 0.6) is 23.0 Å². The fraction of sp³-hybridized carbons (Fsp3) is 0.125. The normalized spacial score (nSPS) is 10.8. The highest BCUT2D eigenvalue weighted by Crippen LogP contribution is 2.43. The number of ether oxygens (including phenoxy) is 3. The van der Waals surface area contributed by atoms with Gasteiger partial charge in [0.25, 0.3) is 0 Å². The summed E-state index contributed by atoms with van der Waals surface area (Å²) < 4.78 is 22.2. The largest absolute Gasteiger partial charge is 0.504 e. The van der Waals surface area contributed by atoms with Gasteiger partial charge in [-0.2, -0.15) is 0 Å². The number of methoxy groups -OCH3 is 2. The van der Waals surface area contributed by atoms with Crippen molar-refractivity contribution in [3.63, 3.8) is 0 Å². The molecule has 0 unspecified atom stereocenters. The van der Waals surface area contributed by atoms with Crippen molar-refractivity contribution >= 4 is 22.7 Å². The third-order valence-corrected chi connectivity index (χ3v) is 5.52. The number of hydrogen-bond acceptors (Lipinski definition) is 7. The summed E-state index contributed by atoms with van der Waals surface area (Å²) in [6, 6.07) is 19.9. The minimum Gasteiger partial charge on any atom is -0.504 e. The van der Waals surface area contributed by atoms with Gasteiger partial charge in [-0.25, -0.2) is 0 Å². The van der Waals surface area contributed by atoms with E-state index >= 15 is 0 Å².